The minimum Gasteiger partial charge on any atom is -0.310 e. The maximum atomic E-state index is 12.3. The van der Waals surface area contributed by atoms with Crippen LogP contribution in [-0.2, 0) is 6.18 Å². The second-order valence-electron chi connectivity index (χ2n) is 3.80. The van der Waals surface area contributed by atoms with Crippen molar-refractivity contribution in [2.45, 2.75) is 32.5 Å². The van der Waals surface area contributed by atoms with Crippen LogP contribution in [0, 0.1) is 0 Å². The largest absolute Gasteiger partial charge is 0.416 e. The van der Waals surface area contributed by atoms with Crippen molar-refractivity contribution in [3.8, 4) is 0 Å². The van der Waals surface area contributed by atoms with Crippen LogP contribution in [0.15, 0.2) is 24.3 Å². The third kappa shape index (κ3) is 3.52. The smallest absolute Gasteiger partial charge is 0.310 e. The van der Waals surface area contributed by atoms with Gasteiger partial charge in [-0.15, -0.1) is 0 Å². The Morgan fingerprint density at radius 1 is 1.19 bits per heavy atom. The van der Waals surface area contributed by atoms with Crippen LogP contribution < -0.4 is 5.32 Å². The molecule has 0 spiro atoms. The van der Waals surface area contributed by atoms with E-state index in [0.29, 0.717) is 0 Å². The van der Waals surface area contributed by atoms with Crippen LogP contribution in [0.5, 0.6) is 0 Å². The van der Waals surface area contributed by atoms with Crippen molar-refractivity contribution in [3.05, 3.63) is 35.4 Å². The van der Waals surface area contributed by atoms with Crippen LogP contribution in [0.1, 0.15) is 37.4 Å². The molecule has 1 nitrogen and oxygen atoms in total. The van der Waals surface area contributed by atoms with E-state index in [1.54, 1.807) is 0 Å². The number of alkyl halides is 3. The molecule has 16 heavy (non-hydrogen) atoms. The Morgan fingerprint density at radius 2 is 1.75 bits per heavy atom. The molecule has 4 heteroatoms. The lowest BCUT2D eigenvalue weighted by Crippen LogP contribution is -2.19. The van der Waals surface area contributed by atoms with Gasteiger partial charge in [0.15, 0.2) is 0 Å². The van der Waals surface area contributed by atoms with Gasteiger partial charge in [0, 0.05) is 6.04 Å². The zero-order chi connectivity index (χ0) is 12.2. The predicted molar refractivity (Wildman–Crippen MR) is 58.2 cm³/mol. The van der Waals surface area contributed by atoms with Crippen molar-refractivity contribution in [1.29, 1.82) is 0 Å². The van der Waals surface area contributed by atoms with Crippen molar-refractivity contribution in [1.82, 2.24) is 5.32 Å². The summed E-state index contributed by atoms with van der Waals surface area (Å²) in [6.45, 7) is 4.85. The average Bonchev–Trinajstić information content (AvgIpc) is 2.25. The maximum Gasteiger partial charge on any atom is 0.416 e. The fraction of sp³-hybridized carbons (Fsp3) is 0.500. The Bertz CT molecular complexity index is 316. The minimum absolute atomic E-state index is 0.0854. The summed E-state index contributed by atoms with van der Waals surface area (Å²) in [5.74, 6) is 0. The monoisotopic (exact) mass is 231 g/mol. The Balaban J connectivity index is 2.71. The van der Waals surface area contributed by atoms with Gasteiger partial charge in [0.2, 0.25) is 0 Å². The zero-order valence-corrected chi connectivity index (χ0v) is 9.43. The Hall–Kier alpha value is -1.03. The van der Waals surface area contributed by atoms with E-state index in [-0.39, 0.29) is 6.04 Å². The van der Waals surface area contributed by atoms with Gasteiger partial charge in [-0.2, -0.15) is 13.2 Å². The normalized spacial score (nSPS) is 13.8. The Morgan fingerprint density at radius 3 is 2.19 bits per heavy atom. The van der Waals surface area contributed by atoms with E-state index in [2.05, 4.69) is 5.32 Å². The van der Waals surface area contributed by atoms with Gasteiger partial charge in [-0.1, -0.05) is 19.1 Å². The molecule has 1 aromatic carbocycles. The predicted octanol–water partition coefficient (Wildman–Crippen LogP) is 3.77. The van der Waals surface area contributed by atoms with Gasteiger partial charge >= 0.3 is 6.18 Å². The van der Waals surface area contributed by atoms with E-state index in [4.69, 9.17) is 0 Å². The zero-order valence-electron chi connectivity index (χ0n) is 9.43. The quantitative estimate of drug-likeness (QED) is 0.831. The summed E-state index contributed by atoms with van der Waals surface area (Å²) in [4.78, 5) is 0. The third-order valence-electron chi connectivity index (χ3n) is 2.44. The number of hydrogen-bond acceptors (Lipinski definition) is 1. The third-order valence-corrected chi connectivity index (χ3v) is 2.44. The Labute approximate surface area is 93.7 Å². The SMILES string of the molecule is CCCNC(C)c1ccc(C(F)(F)F)cc1. The molecular weight excluding hydrogens is 215 g/mol. The molecule has 0 fully saturated rings. The molecule has 0 aromatic heterocycles. The number of halogens is 3. The van der Waals surface area contributed by atoms with Crippen molar-refractivity contribution in [2.75, 3.05) is 6.54 Å². The molecule has 0 aliphatic rings. The van der Waals surface area contributed by atoms with Crippen molar-refractivity contribution in [3.63, 3.8) is 0 Å². The molecule has 1 aromatic rings. The lowest BCUT2D eigenvalue weighted by atomic mass is 10.1. The Kier molecular flexibility index (Phi) is 4.35. The summed E-state index contributed by atoms with van der Waals surface area (Å²) >= 11 is 0. The minimum atomic E-state index is -4.25. The molecule has 0 saturated heterocycles. The molecule has 1 unspecified atom stereocenters. The molecular formula is C12H16F3N. The van der Waals surface area contributed by atoms with Gasteiger partial charge in [-0.3, -0.25) is 0 Å². The fourth-order valence-electron chi connectivity index (χ4n) is 1.44. The first-order chi connectivity index (χ1) is 7.45. The van der Waals surface area contributed by atoms with E-state index in [1.165, 1.54) is 12.1 Å². The van der Waals surface area contributed by atoms with Gasteiger partial charge in [-0.25, -0.2) is 0 Å². The highest BCUT2D eigenvalue weighted by atomic mass is 19.4. The summed E-state index contributed by atoms with van der Waals surface area (Å²) < 4.78 is 36.9. The number of benzene rings is 1. The molecule has 0 radical (unpaired) electrons. The topological polar surface area (TPSA) is 12.0 Å². The molecule has 0 heterocycles. The van der Waals surface area contributed by atoms with E-state index in [1.807, 2.05) is 13.8 Å². The fourth-order valence-corrected chi connectivity index (χ4v) is 1.44. The van der Waals surface area contributed by atoms with Gasteiger partial charge in [0.05, 0.1) is 5.56 Å². The van der Waals surface area contributed by atoms with E-state index < -0.39 is 11.7 Å². The molecule has 1 rings (SSSR count). The highest BCUT2D eigenvalue weighted by Gasteiger charge is 2.30. The highest BCUT2D eigenvalue weighted by molar-refractivity contribution is 5.26. The summed E-state index contributed by atoms with van der Waals surface area (Å²) in [6.07, 6.45) is -3.25. The van der Waals surface area contributed by atoms with Crippen LogP contribution in [-0.4, -0.2) is 6.54 Å². The van der Waals surface area contributed by atoms with Crippen molar-refractivity contribution >= 4 is 0 Å². The van der Waals surface area contributed by atoms with Crippen LogP contribution in [0.3, 0.4) is 0 Å². The van der Waals surface area contributed by atoms with Gasteiger partial charge in [-0.05, 0) is 37.6 Å². The lowest BCUT2D eigenvalue weighted by molar-refractivity contribution is -0.137. The number of nitrogens with one attached hydrogen (secondary N) is 1. The average molecular weight is 231 g/mol. The first-order valence-electron chi connectivity index (χ1n) is 5.35. The van der Waals surface area contributed by atoms with Crippen LogP contribution in [0.4, 0.5) is 13.2 Å². The highest BCUT2D eigenvalue weighted by Crippen LogP contribution is 2.29. The van der Waals surface area contributed by atoms with E-state index in [9.17, 15) is 13.2 Å². The van der Waals surface area contributed by atoms with Crippen LogP contribution in [0.2, 0.25) is 0 Å². The number of hydrogen-bond donors (Lipinski definition) is 1. The summed E-state index contributed by atoms with van der Waals surface area (Å²) in [5.41, 5.74) is 0.278. The van der Waals surface area contributed by atoms with Crippen molar-refractivity contribution in [2.24, 2.45) is 0 Å². The molecule has 90 valence electrons. The molecule has 0 aliphatic carbocycles. The summed E-state index contributed by atoms with van der Waals surface area (Å²) in [5, 5.41) is 3.23. The van der Waals surface area contributed by atoms with E-state index in [0.717, 1.165) is 30.7 Å². The molecule has 0 amide bonds. The maximum absolute atomic E-state index is 12.3. The van der Waals surface area contributed by atoms with E-state index >= 15 is 0 Å². The number of rotatable bonds is 4. The molecule has 0 bridgehead atoms. The summed E-state index contributed by atoms with van der Waals surface area (Å²) in [6, 6.07) is 5.38. The van der Waals surface area contributed by atoms with Crippen LogP contribution >= 0.6 is 0 Å². The van der Waals surface area contributed by atoms with Gasteiger partial charge < -0.3 is 5.32 Å². The standard InChI is InChI=1S/C12H16F3N/c1-3-8-16-9(2)10-4-6-11(7-5-10)12(13,14)15/h4-7,9,16H,3,8H2,1-2H3. The van der Waals surface area contributed by atoms with Gasteiger partial charge in [0.25, 0.3) is 0 Å². The first kappa shape index (κ1) is 13.0. The van der Waals surface area contributed by atoms with Crippen molar-refractivity contribution < 1.29 is 13.2 Å². The molecule has 1 atom stereocenters. The molecule has 1 N–H and O–H groups in total. The lowest BCUT2D eigenvalue weighted by Gasteiger charge is -2.14. The molecule has 0 aliphatic heterocycles. The molecule has 0 saturated carbocycles. The van der Waals surface area contributed by atoms with Gasteiger partial charge in [0.1, 0.15) is 0 Å². The first-order valence-corrected chi connectivity index (χ1v) is 5.35. The van der Waals surface area contributed by atoms with Crippen LogP contribution in [0.25, 0.3) is 0 Å². The second-order valence-corrected chi connectivity index (χ2v) is 3.80. The summed E-state index contributed by atoms with van der Waals surface area (Å²) in [7, 11) is 0. The second kappa shape index (κ2) is 5.34.